The van der Waals surface area contributed by atoms with Gasteiger partial charge in [0.05, 0.1) is 12.0 Å². The van der Waals surface area contributed by atoms with E-state index in [9.17, 15) is 8.42 Å². The van der Waals surface area contributed by atoms with Crippen molar-refractivity contribution in [3.8, 4) is 17.6 Å². The Hall–Kier alpha value is -2.29. The lowest BCUT2D eigenvalue weighted by molar-refractivity contribution is 0.348. The van der Waals surface area contributed by atoms with Crippen molar-refractivity contribution in [2.75, 3.05) is 7.11 Å². The van der Waals surface area contributed by atoms with Crippen molar-refractivity contribution in [3.63, 3.8) is 0 Å². The fourth-order valence-corrected chi connectivity index (χ4v) is 4.48. The first kappa shape index (κ1) is 18.5. The van der Waals surface area contributed by atoms with Gasteiger partial charge in [0, 0.05) is 17.5 Å². The first-order valence-corrected chi connectivity index (χ1v) is 10.3. The predicted octanol–water partition coefficient (Wildman–Crippen LogP) is 3.58. The Balaban J connectivity index is 1.76. The zero-order valence-corrected chi connectivity index (χ0v) is 15.6. The predicted molar refractivity (Wildman–Crippen MR) is 102 cm³/mol. The fraction of sp³-hybridized carbons (Fsp3) is 0.333. The molecule has 3 rings (SSSR count). The molecule has 0 aromatic heterocycles. The largest absolute Gasteiger partial charge is 0.497 e. The zero-order valence-electron chi connectivity index (χ0n) is 14.8. The molecule has 0 radical (unpaired) electrons. The van der Waals surface area contributed by atoms with Gasteiger partial charge >= 0.3 is 0 Å². The van der Waals surface area contributed by atoms with E-state index < -0.39 is 10.0 Å². The van der Waals surface area contributed by atoms with Crippen molar-refractivity contribution in [3.05, 3.63) is 60.2 Å². The van der Waals surface area contributed by atoms with Crippen LogP contribution in [0.25, 0.3) is 0 Å². The van der Waals surface area contributed by atoms with E-state index in [1.165, 1.54) is 0 Å². The van der Waals surface area contributed by atoms with E-state index in [1.54, 1.807) is 31.4 Å². The lowest BCUT2D eigenvalue weighted by atomic mass is 9.85. The molecule has 2 aromatic rings. The Bertz CT molecular complexity index is 880. The topological polar surface area (TPSA) is 55.4 Å². The van der Waals surface area contributed by atoms with Gasteiger partial charge in [-0.25, -0.2) is 13.1 Å². The Labute approximate surface area is 155 Å². The van der Waals surface area contributed by atoms with Gasteiger partial charge in [-0.1, -0.05) is 42.9 Å². The fourth-order valence-electron chi connectivity index (χ4n) is 3.16. The monoisotopic (exact) mass is 369 g/mol. The van der Waals surface area contributed by atoms with Gasteiger partial charge in [-0.3, -0.25) is 0 Å². The van der Waals surface area contributed by atoms with Gasteiger partial charge in [-0.15, -0.1) is 0 Å². The molecule has 0 aliphatic heterocycles. The van der Waals surface area contributed by atoms with Crippen LogP contribution < -0.4 is 9.46 Å². The molecule has 136 valence electrons. The summed E-state index contributed by atoms with van der Waals surface area (Å²) in [6.45, 7) is 0. The van der Waals surface area contributed by atoms with Crippen LogP contribution in [-0.4, -0.2) is 21.6 Å². The first-order valence-electron chi connectivity index (χ1n) is 8.81. The minimum atomic E-state index is -3.57. The molecular formula is C21H23NO3S. The van der Waals surface area contributed by atoms with Crippen LogP contribution in [0, 0.1) is 17.8 Å². The second-order valence-corrected chi connectivity index (χ2v) is 8.14. The highest BCUT2D eigenvalue weighted by Gasteiger charge is 2.28. The van der Waals surface area contributed by atoms with E-state index in [-0.39, 0.29) is 16.9 Å². The highest BCUT2D eigenvalue weighted by Crippen LogP contribution is 2.26. The molecule has 0 amide bonds. The lowest BCUT2D eigenvalue weighted by Crippen LogP contribution is -2.41. The van der Waals surface area contributed by atoms with Crippen molar-refractivity contribution >= 4 is 10.0 Å². The van der Waals surface area contributed by atoms with E-state index in [4.69, 9.17) is 4.74 Å². The Morgan fingerprint density at radius 2 is 1.69 bits per heavy atom. The molecule has 2 unspecified atom stereocenters. The molecule has 1 aliphatic carbocycles. The number of rotatable bonds is 4. The van der Waals surface area contributed by atoms with Gasteiger partial charge in [-0.2, -0.15) is 0 Å². The molecule has 2 atom stereocenters. The SMILES string of the molecule is COc1ccc(S(=O)(=O)NC2CCCCC2C#Cc2ccccc2)cc1. The number of ether oxygens (including phenoxy) is 1. The lowest BCUT2D eigenvalue weighted by Gasteiger charge is -2.28. The Kier molecular flexibility index (Phi) is 5.97. The van der Waals surface area contributed by atoms with Crippen LogP contribution in [-0.2, 0) is 10.0 Å². The van der Waals surface area contributed by atoms with Crippen molar-refractivity contribution in [1.29, 1.82) is 0 Å². The van der Waals surface area contributed by atoms with Crippen molar-refractivity contribution in [2.24, 2.45) is 5.92 Å². The molecule has 5 heteroatoms. The van der Waals surface area contributed by atoms with Gasteiger partial charge < -0.3 is 4.74 Å². The summed E-state index contributed by atoms with van der Waals surface area (Å²) in [5.74, 6) is 7.12. The molecule has 0 bridgehead atoms. The standard InChI is InChI=1S/C21H23NO3S/c1-25-19-13-15-20(16-14-19)26(23,24)22-21-10-6-5-9-18(21)12-11-17-7-3-2-4-8-17/h2-4,7-8,13-16,18,21-22H,5-6,9-10H2,1H3. The second-order valence-electron chi connectivity index (χ2n) is 6.43. The molecular weight excluding hydrogens is 346 g/mol. The van der Waals surface area contributed by atoms with Crippen LogP contribution in [0.5, 0.6) is 5.75 Å². The molecule has 1 aliphatic rings. The van der Waals surface area contributed by atoms with E-state index in [0.717, 1.165) is 31.2 Å². The van der Waals surface area contributed by atoms with Gasteiger partial charge in [0.15, 0.2) is 0 Å². The summed E-state index contributed by atoms with van der Waals surface area (Å²) in [7, 11) is -2.02. The second kappa shape index (κ2) is 8.39. The molecule has 2 aromatic carbocycles. The number of benzene rings is 2. The number of nitrogens with one attached hydrogen (secondary N) is 1. The maximum atomic E-state index is 12.7. The van der Waals surface area contributed by atoms with E-state index >= 15 is 0 Å². The number of sulfonamides is 1. The Morgan fingerprint density at radius 3 is 2.38 bits per heavy atom. The van der Waals surface area contributed by atoms with E-state index in [1.807, 2.05) is 30.3 Å². The van der Waals surface area contributed by atoms with Gasteiger partial charge in [0.1, 0.15) is 5.75 Å². The first-order chi connectivity index (χ1) is 12.6. The summed E-state index contributed by atoms with van der Waals surface area (Å²) < 4.78 is 33.4. The average Bonchev–Trinajstić information content (AvgIpc) is 2.68. The summed E-state index contributed by atoms with van der Waals surface area (Å²) in [5, 5.41) is 0. The van der Waals surface area contributed by atoms with Gasteiger partial charge in [-0.05, 0) is 49.2 Å². The summed E-state index contributed by atoms with van der Waals surface area (Å²) in [6, 6.07) is 16.1. The number of hydrogen-bond donors (Lipinski definition) is 1. The highest BCUT2D eigenvalue weighted by atomic mass is 32.2. The number of methoxy groups -OCH3 is 1. The highest BCUT2D eigenvalue weighted by molar-refractivity contribution is 7.89. The van der Waals surface area contributed by atoms with Gasteiger partial charge in [0.25, 0.3) is 0 Å². The minimum absolute atomic E-state index is 0.0250. The third kappa shape index (κ3) is 4.66. The van der Waals surface area contributed by atoms with Crippen LogP contribution in [0.3, 0.4) is 0 Å². The van der Waals surface area contributed by atoms with E-state index in [2.05, 4.69) is 16.6 Å². The maximum Gasteiger partial charge on any atom is 0.240 e. The third-order valence-electron chi connectivity index (χ3n) is 4.62. The molecule has 4 nitrogen and oxygen atoms in total. The number of hydrogen-bond acceptors (Lipinski definition) is 3. The molecule has 0 spiro atoms. The van der Waals surface area contributed by atoms with Crippen molar-refractivity contribution < 1.29 is 13.2 Å². The van der Waals surface area contributed by atoms with E-state index in [0.29, 0.717) is 5.75 Å². The summed E-state index contributed by atoms with van der Waals surface area (Å²) in [6.07, 6.45) is 3.81. The summed E-state index contributed by atoms with van der Waals surface area (Å²) >= 11 is 0. The van der Waals surface area contributed by atoms with Crippen LogP contribution >= 0.6 is 0 Å². The molecule has 0 heterocycles. The Morgan fingerprint density at radius 1 is 1.00 bits per heavy atom. The van der Waals surface area contributed by atoms with Crippen LogP contribution in [0.15, 0.2) is 59.5 Å². The molecule has 1 saturated carbocycles. The summed E-state index contributed by atoms with van der Waals surface area (Å²) in [5.41, 5.74) is 0.954. The van der Waals surface area contributed by atoms with Crippen molar-refractivity contribution in [2.45, 2.75) is 36.6 Å². The quantitative estimate of drug-likeness (QED) is 0.838. The third-order valence-corrected chi connectivity index (χ3v) is 6.12. The summed E-state index contributed by atoms with van der Waals surface area (Å²) in [4.78, 5) is 0.249. The average molecular weight is 369 g/mol. The molecule has 1 fully saturated rings. The van der Waals surface area contributed by atoms with Crippen LogP contribution in [0.1, 0.15) is 31.2 Å². The van der Waals surface area contributed by atoms with Gasteiger partial charge in [0.2, 0.25) is 10.0 Å². The molecule has 0 saturated heterocycles. The molecule has 26 heavy (non-hydrogen) atoms. The van der Waals surface area contributed by atoms with Crippen molar-refractivity contribution in [1.82, 2.24) is 4.72 Å². The maximum absolute atomic E-state index is 12.7. The molecule has 1 N–H and O–H groups in total. The smallest absolute Gasteiger partial charge is 0.240 e. The van der Waals surface area contributed by atoms with Crippen LogP contribution in [0.4, 0.5) is 0 Å². The van der Waals surface area contributed by atoms with Crippen LogP contribution in [0.2, 0.25) is 0 Å². The normalized spacial score (nSPS) is 20.0. The minimum Gasteiger partial charge on any atom is -0.497 e. The zero-order chi connectivity index (χ0) is 18.4.